The van der Waals surface area contributed by atoms with E-state index < -0.39 is 0 Å². The van der Waals surface area contributed by atoms with Crippen LogP contribution in [-0.4, -0.2) is 7.05 Å². The van der Waals surface area contributed by atoms with Crippen LogP contribution < -0.4 is 9.80 Å². The topological polar surface area (TPSA) is 6.48 Å². The fraction of sp³-hybridized carbons (Fsp3) is 0.125. The predicted molar refractivity (Wildman–Crippen MR) is 146 cm³/mol. The van der Waals surface area contributed by atoms with Crippen LogP contribution in [0, 0.1) is 0 Å². The van der Waals surface area contributed by atoms with Crippen LogP contribution in [0.5, 0.6) is 0 Å². The fourth-order valence-electron chi connectivity index (χ4n) is 4.58. The molecule has 0 bridgehead atoms. The van der Waals surface area contributed by atoms with Crippen molar-refractivity contribution in [2.24, 2.45) is 0 Å². The quantitative estimate of drug-likeness (QED) is 0.295. The molecule has 34 heavy (non-hydrogen) atoms. The molecule has 5 rings (SSSR count). The van der Waals surface area contributed by atoms with Crippen molar-refractivity contribution in [2.75, 3.05) is 16.8 Å². The smallest absolute Gasteiger partial charge is 0.0463 e. The van der Waals surface area contributed by atoms with Gasteiger partial charge >= 0.3 is 0 Å². The molecule has 168 valence electrons. The molecular weight excluding hydrogens is 412 g/mol. The number of anilines is 5. The number of hydrogen-bond acceptors (Lipinski definition) is 2. The lowest BCUT2D eigenvalue weighted by Crippen LogP contribution is -2.19. The third kappa shape index (κ3) is 4.40. The maximum Gasteiger partial charge on any atom is 0.0463 e. The van der Waals surface area contributed by atoms with Crippen LogP contribution >= 0.6 is 0 Å². The lowest BCUT2D eigenvalue weighted by atomic mass is 9.77. The van der Waals surface area contributed by atoms with Crippen molar-refractivity contribution in [1.29, 1.82) is 0 Å². The number of allylic oxidation sites excluding steroid dienone is 4. The third-order valence-electron chi connectivity index (χ3n) is 6.69. The highest BCUT2D eigenvalue weighted by atomic mass is 15.1. The molecule has 1 aliphatic rings. The summed E-state index contributed by atoms with van der Waals surface area (Å²) in [4.78, 5) is 4.52. The van der Waals surface area contributed by atoms with Gasteiger partial charge in [0.25, 0.3) is 0 Å². The minimum absolute atomic E-state index is 0.0752. The summed E-state index contributed by atoms with van der Waals surface area (Å²) in [6, 6.07) is 38.7. The zero-order valence-corrected chi connectivity index (χ0v) is 19.8. The molecule has 4 aromatic carbocycles. The first kappa shape index (κ1) is 21.8. The molecule has 0 fully saturated rings. The van der Waals surface area contributed by atoms with Gasteiger partial charge in [-0.1, -0.05) is 79.8 Å². The molecule has 0 N–H and O–H groups in total. The molecule has 0 aromatic heterocycles. The summed E-state index contributed by atoms with van der Waals surface area (Å²) in [6.45, 7) is 2.30. The van der Waals surface area contributed by atoms with Gasteiger partial charge in [0.2, 0.25) is 0 Å². The van der Waals surface area contributed by atoms with Gasteiger partial charge in [-0.15, -0.1) is 0 Å². The average molecular weight is 443 g/mol. The van der Waals surface area contributed by atoms with E-state index in [1.165, 1.54) is 11.3 Å². The largest absolute Gasteiger partial charge is 0.345 e. The Morgan fingerprint density at radius 2 is 1.03 bits per heavy atom. The van der Waals surface area contributed by atoms with Gasteiger partial charge in [0.05, 0.1) is 0 Å². The van der Waals surface area contributed by atoms with E-state index in [4.69, 9.17) is 0 Å². The Morgan fingerprint density at radius 3 is 1.53 bits per heavy atom. The van der Waals surface area contributed by atoms with Gasteiger partial charge in [-0.05, 0) is 72.6 Å². The van der Waals surface area contributed by atoms with Crippen molar-refractivity contribution >= 4 is 28.4 Å². The molecule has 1 unspecified atom stereocenters. The van der Waals surface area contributed by atoms with Crippen LogP contribution in [-0.2, 0) is 5.41 Å². The number of nitrogens with zero attached hydrogens (tertiary/aromatic N) is 2. The second-order valence-electron chi connectivity index (χ2n) is 9.04. The van der Waals surface area contributed by atoms with Gasteiger partial charge in [-0.2, -0.15) is 0 Å². The molecule has 0 saturated heterocycles. The fourth-order valence-corrected chi connectivity index (χ4v) is 4.58. The second kappa shape index (κ2) is 9.44. The molecule has 0 aliphatic heterocycles. The van der Waals surface area contributed by atoms with E-state index in [0.29, 0.717) is 0 Å². The van der Waals surface area contributed by atoms with Crippen LogP contribution in [0.15, 0.2) is 133 Å². The molecule has 2 nitrogen and oxygen atoms in total. The molecule has 1 aliphatic carbocycles. The van der Waals surface area contributed by atoms with Crippen LogP contribution in [0.2, 0.25) is 0 Å². The molecule has 0 radical (unpaired) electrons. The Bertz CT molecular complexity index is 1230. The second-order valence-corrected chi connectivity index (χ2v) is 9.04. The van der Waals surface area contributed by atoms with Crippen molar-refractivity contribution in [3.63, 3.8) is 0 Å². The van der Waals surface area contributed by atoms with E-state index in [1.54, 1.807) is 0 Å². The molecule has 1 atom stereocenters. The highest BCUT2D eigenvalue weighted by Gasteiger charge is 2.23. The molecule has 0 amide bonds. The highest BCUT2D eigenvalue weighted by molar-refractivity contribution is 5.77. The Kier molecular flexibility index (Phi) is 6.05. The molecule has 0 saturated carbocycles. The molecule has 4 aromatic rings. The van der Waals surface area contributed by atoms with Crippen molar-refractivity contribution in [3.8, 4) is 0 Å². The zero-order chi connectivity index (χ0) is 23.4. The van der Waals surface area contributed by atoms with Crippen LogP contribution in [0.1, 0.15) is 18.9 Å². The van der Waals surface area contributed by atoms with Gasteiger partial charge < -0.3 is 9.80 Å². The Morgan fingerprint density at radius 1 is 0.559 bits per heavy atom. The van der Waals surface area contributed by atoms with E-state index in [-0.39, 0.29) is 5.41 Å². The first-order valence-electron chi connectivity index (χ1n) is 11.8. The molecule has 0 spiro atoms. The Hall–Kier alpha value is -4.04. The Balaban J connectivity index is 1.40. The van der Waals surface area contributed by atoms with Gasteiger partial charge in [0.1, 0.15) is 0 Å². The van der Waals surface area contributed by atoms with Crippen LogP contribution in [0.25, 0.3) is 0 Å². The van der Waals surface area contributed by atoms with E-state index in [2.05, 4.69) is 157 Å². The van der Waals surface area contributed by atoms with E-state index in [0.717, 1.165) is 29.2 Å². The summed E-state index contributed by atoms with van der Waals surface area (Å²) >= 11 is 0. The summed E-state index contributed by atoms with van der Waals surface area (Å²) in [5, 5.41) is 0. The van der Waals surface area contributed by atoms with Crippen LogP contribution in [0.4, 0.5) is 28.4 Å². The minimum atomic E-state index is 0.0752. The van der Waals surface area contributed by atoms with E-state index >= 15 is 0 Å². The van der Waals surface area contributed by atoms with Crippen LogP contribution in [0.3, 0.4) is 0 Å². The summed E-state index contributed by atoms with van der Waals surface area (Å²) in [5.41, 5.74) is 7.18. The zero-order valence-electron chi connectivity index (χ0n) is 19.8. The minimum Gasteiger partial charge on any atom is -0.345 e. The lowest BCUT2D eigenvalue weighted by molar-refractivity contribution is 0.600. The first-order valence-corrected chi connectivity index (χ1v) is 11.8. The first-order chi connectivity index (χ1) is 16.6. The predicted octanol–water partition coefficient (Wildman–Crippen LogP) is 8.70. The van der Waals surface area contributed by atoms with E-state index in [1.807, 2.05) is 0 Å². The maximum absolute atomic E-state index is 2.30. The highest BCUT2D eigenvalue weighted by Crippen LogP contribution is 2.37. The van der Waals surface area contributed by atoms with Crippen molar-refractivity contribution in [1.82, 2.24) is 0 Å². The standard InChI is InChI=1S/C32H30N2/c1-32(24-10-5-11-25-32)26-16-18-27(19-17-26)33(2)28-20-22-31(23-21-28)34(29-12-6-3-7-13-29)30-14-8-4-9-15-30/h3-24H,25H2,1-2H3. The average Bonchev–Trinajstić information content (AvgIpc) is 2.91. The number of hydrogen-bond donors (Lipinski definition) is 0. The van der Waals surface area contributed by atoms with E-state index in [9.17, 15) is 0 Å². The van der Waals surface area contributed by atoms with Crippen molar-refractivity contribution in [3.05, 3.63) is 139 Å². The van der Waals surface area contributed by atoms with Gasteiger partial charge in [0.15, 0.2) is 0 Å². The summed E-state index contributed by atoms with van der Waals surface area (Å²) in [7, 11) is 2.13. The van der Waals surface area contributed by atoms with Gasteiger partial charge in [-0.3, -0.25) is 0 Å². The molecule has 2 heteroatoms. The van der Waals surface area contributed by atoms with Crippen molar-refractivity contribution < 1.29 is 0 Å². The number of rotatable bonds is 6. The molecular formula is C32H30N2. The number of para-hydroxylation sites is 2. The molecule has 0 heterocycles. The lowest BCUT2D eigenvalue weighted by Gasteiger charge is -2.28. The summed E-state index contributed by atoms with van der Waals surface area (Å²) < 4.78 is 0. The van der Waals surface area contributed by atoms with Crippen molar-refractivity contribution in [2.45, 2.75) is 18.8 Å². The monoisotopic (exact) mass is 442 g/mol. The van der Waals surface area contributed by atoms with Gasteiger partial charge in [-0.25, -0.2) is 0 Å². The maximum atomic E-state index is 2.30. The third-order valence-corrected chi connectivity index (χ3v) is 6.69. The normalized spacial score (nSPS) is 16.9. The Labute approximate surface area is 203 Å². The summed E-state index contributed by atoms with van der Waals surface area (Å²) in [5.74, 6) is 0. The van der Waals surface area contributed by atoms with Gasteiger partial charge in [0, 0.05) is 40.9 Å². The summed E-state index contributed by atoms with van der Waals surface area (Å²) in [6.07, 6.45) is 9.87. The SMILES string of the molecule is CN(c1ccc(N(c2ccccc2)c2ccccc2)cc1)c1ccc(C2(C)C=CC=CC2)cc1. The number of benzene rings is 4.